The number of benzene rings is 2. The second-order valence-electron chi connectivity index (χ2n) is 5.20. The number of amides is 1. The summed E-state index contributed by atoms with van der Waals surface area (Å²) in [4.78, 5) is 18.8. The van der Waals surface area contributed by atoms with Crippen LogP contribution >= 0.6 is 35.0 Å². The van der Waals surface area contributed by atoms with Crippen molar-refractivity contribution < 1.29 is 4.79 Å². The Morgan fingerprint density at radius 2 is 1.88 bits per heavy atom. The van der Waals surface area contributed by atoms with E-state index in [1.54, 1.807) is 23.1 Å². The van der Waals surface area contributed by atoms with Gasteiger partial charge >= 0.3 is 0 Å². The summed E-state index contributed by atoms with van der Waals surface area (Å²) in [6.07, 6.45) is 3.66. The molecule has 0 fully saturated rings. The first-order chi connectivity index (χ1) is 11.6. The molecule has 2 aromatic carbocycles. The number of hydrogen-bond donors (Lipinski definition) is 0. The molecular weight excluding hydrogens is 363 g/mol. The average molecular weight is 377 g/mol. The van der Waals surface area contributed by atoms with Crippen LogP contribution in [0.3, 0.4) is 0 Å². The average Bonchev–Trinajstić information content (AvgIpc) is 2.86. The van der Waals surface area contributed by atoms with Gasteiger partial charge in [-0.3, -0.25) is 9.69 Å². The lowest BCUT2D eigenvalue weighted by Crippen LogP contribution is -2.29. The molecule has 24 heavy (non-hydrogen) atoms. The van der Waals surface area contributed by atoms with E-state index >= 15 is 0 Å². The standard InChI is InChI=1S/C18H14Cl2N2OS/c1-24-18-21-16(10-13-3-2-4-15(20)9-13)17(23)22(18)11-12-5-7-14(19)8-6-12/h2-10H,11H2,1H3. The van der Waals surface area contributed by atoms with Crippen LogP contribution in [0.5, 0.6) is 0 Å². The van der Waals surface area contributed by atoms with E-state index in [1.165, 1.54) is 11.8 Å². The number of halogens is 2. The van der Waals surface area contributed by atoms with E-state index in [0.29, 0.717) is 27.5 Å². The van der Waals surface area contributed by atoms with Gasteiger partial charge in [-0.1, -0.05) is 59.2 Å². The Kier molecular flexibility index (Phi) is 5.29. The SMILES string of the molecule is CSC1=NC(=Cc2cccc(Cl)c2)C(=O)N1Cc1ccc(Cl)cc1. The maximum absolute atomic E-state index is 12.7. The molecule has 0 radical (unpaired) electrons. The molecule has 0 atom stereocenters. The molecule has 1 aliphatic heterocycles. The van der Waals surface area contributed by atoms with Gasteiger partial charge < -0.3 is 0 Å². The number of aliphatic imine (C=N–C) groups is 1. The highest BCUT2D eigenvalue weighted by atomic mass is 35.5. The normalized spacial score (nSPS) is 16.0. The van der Waals surface area contributed by atoms with Crippen LogP contribution in [-0.4, -0.2) is 22.2 Å². The lowest BCUT2D eigenvalue weighted by Gasteiger charge is -2.16. The number of nitrogens with zero attached hydrogens (tertiary/aromatic N) is 2. The maximum atomic E-state index is 12.7. The van der Waals surface area contributed by atoms with Gasteiger partial charge in [0.2, 0.25) is 0 Å². The fourth-order valence-electron chi connectivity index (χ4n) is 2.35. The van der Waals surface area contributed by atoms with Crippen molar-refractivity contribution in [2.75, 3.05) is 6.26 Å². The number of amidine groups is 1. The first-order valence-corrected chi connectivity index (χ1v) is 9.21. The highest BCUT2D eigenvalue weighted by molar-refractivity contribution is 8.13. The summed E-state index contributed by atoms with van der Waals surface area (Å²) in [7, 11) is 0. The van der Waals surface area contributed by atoms with Gasteiger partial charge in [0.05, 0.1) is 6.54 Å². The smallest absolute Gasteiger partial charge is 0.278 e. The largest absolute Gasteiger partial charge is 0.281 e. The number of hydrogen-bond acceptors (Lipinski definition) is 3. The van der Waals surface area contributed by atoms with Crippen molar-refractivity contribution in [1.29, 1.82) is 0 Å². The zero-order valence-electron chi connectivity index (χ0n) is 12.9. The molecule has 6 heteroatoms. The molecule has 0 spiro atoms. The van der Waals surface area contributed by atoms with Gasteiger partial charge in [0.25, 0.3) is 5.91 Å². The van der Waals surface area contributed by atoms with E-state index in [9.17, 15) is 4.79 Å². The Balaban J connectivity index is 1.86. The fraction of sp³-hybridized carbons (Fsp3) is 0.111. The van der Waals surface area contributed by atoms with E-state index in [4.69, 9.17) is 23.2 Å². The lowest BCUT2D eigenvalue weighted by atomic mass is 10.2. The van der Waals surface area contributed by atoms with E-state index in [-0.39, 0.29) is 5.91 Å². The minimum absolute atomic E-state index is 0.116. The Bertz CT molecular complexity index is 831. The van der Waals surface area contributed by atoms with Gasteiger partial charge in [0.1, 0.15) is 5.70 Å². The topological polar surface area (TPSA) is 32.7 Å². The van der Waals surface area contributed by atoms with Crippen molar-refractivity contribution in [3.05, 3.63) is 75.4 Å². The Labute approximate surface area is 155 Å². The maximum Gasteiger partial charge on any atom is 0.278 e. The van der Waals surface area contributed by atoms with Gasteiger partial charge in [0, 0.05) is 10.0 Å². The molecule has 0 saturated carbocycles. The molecular formula is C18H14Cl2N2OS. The summed E-state index contributed by atoms with van der Waals surface area (Å²) in [6.45, 7) is 0.461. The number of thioether (sulfide) groups is 1. The molecule has 3 rings (SSSR count). The second kappa shape index (κ2) is 7.43. The minimum Gasteiger partial charge on any atom is -0.281 e. The summed E-state index contributed by atoms with van der Waals surface area (Å²) < 4.78 is 0. The highest BCUT2D eigenvalue weighted by Gasteiger charge is 2.29. The Hall–Kier alpha value is -1.75. The van der Waals surface area contributed by atoms with Gasteiger partial charge in [-0.15, -0.1) is 0 Å². The first kappa shape index (κ1) is 17.1. The predicted molar refractivity (Wildman–Crippen MR) is 102 cm³/mol. The monoisotopic (exact) mass is 376 g/mol. The van der Waals surface area contributed by atoms with Crippen LogP contribution in [0.15, 0.2) is 59.2 Å². The molecule has 1 amide bonds. The molecule has 2 aromatic rings. The predicted octanol–water partition coefficient (Wildman–Crippen LogP) is 5.10. The second-order valence-corrected chi connectivity index (χ2v) is 6.85. The lowest BCUT2D eigenvalue weighted by molar-refractivity contribution is -0.122. The van der Waals surface area contributed by atoms with Crippen LogP contribution in [0.25, 0.3) is 6.08 Å². The van der Waals surface area contributed by atoms with Crippen molar-refractivity contribution in [1.82, 2.24) is 4.90 Å². The molecule has 0 unspecified atom stereocenters. The van der Waals surface area contributed by atoms with Gasteiger partial charge in [0.15, 0.2) is 5.17 Å². The molecule has 1 heterocycles. The third-order valence-corrected chi connectivity index (χ3v) is 4.66. The third-order valence-electron chi connectivity index (χ3n) is 3.50. The minimum atomic E-state index is -0.116. The Morgan fingerprint density at radius 1 is 1.12 bits per heavy atom. The van der Waals surface area contributed by atoms with Crippen molar-refractivity contribution in [2.45, 2.75) is 6.54 Å². The van der Waals surface area contributed by atoms with E-state index in [0.717, 1.165) is 11.1 Å². The fourth-order valence-corrected chi connectivity index (χ4v) is 3.23. The van der Waals surface area contributed by atoms with E-state index < -0.39 is 0 Å². The number of carbonyl (C=O) groups excluding carboxylic acids is 1. The zero-order chi connectivity index (χ0) is 17.1. The summed E-state index contributed by atoms with van der Waals surface area (Å²) in [6, 6.07) is 14.8. The van der Waals surface area contributed by atoms with Crippen LogP contribution in [-0.2, 0) is 11.3 Å². The molecule has 122 valence electrons. The summed E-state index contributed by atoms with van der Waals surface area (Å²) in [5, 5.41) is 1.98. The molecule has 0 N–H and O–H groups in total. The van der Waals surface area contributed by atoms with Crippen molar-refractivity contribution in [3.63, 3.8) is 0 Å². The van der Waals surface area contributed by atoms with Crippen LogP contribution in [0.2, 0.25) is 10.0 Å². The van der Waals surface area contributed by atoms with Crippen LogP contribution in [0.1, 0.15) is 11.1 Å². The molecule has 0 saturated heterocycles. The summed E-state index contributed by atoms with van der Waals surface area (Å²) in [5.74, 6) is -0.116. The van der Waals surface area contributed by atoms with E-state index in [2.05, 4.69) is 4.99 Å². The van der Waals surface area contributed by atoms with Crippen molar-refractivity contribution in [3.8, 4) is 0 Å². The third kappa shape index (κ3) is 3.83. The van der Waals surface area contributed by atoms with Crippen LogP contribution in [0.4, 0.5) is 0 Å². The zero-order valence-corrected chi connectivity index (χ0v) is 15.2. The number of rotatable bonds is 3. The molecule has 3 nitrogen and oxygen atoms in total. The number of carbonyl (C=O) groups is 1. The van der Waals surface area contributed by atoms with Crippen LogP contribution in [0, 0.1) is 0 Å². The first-order valence-electron chi connectivity index (χ1n) is 7.23. The quantitative estimate of drug-likeness (QED) is 0.698. The van der Waals surface area contributed by atoms with Gasteiger partial charge in [-0.05, 0) is 47.7 Å². The van der Waals surface area contributed by atoms with Crippen molar-refractivity contribution >= 4 is 52.1 Å². The molecule has 0 aliphatic carbocycles. The molecule has 0 aromatic heterocycles. The van der Waals surface area contributed by atoms with Crippen molar-refractivity contribution in [2.24, 2.45) is 4.99 Å². The van der Waals surface area contributed by atoms with Gasteiger partial charge in [-0.2, -0.15) is 0 Å². The molecule has 0 bridgehead atoms. The Morgan fingerprint density at radius 3 is 2.54 bits per heavy atom. The van der Waals surface area contributed by atoms with E-state index in [1.807, 2.05) is 42.7 Å². The highest BCUT2D eigenvalue weighted by Crippen LogP contribution is 2.25. The molecule has 1 aliphatic rings. The van der Waals surface area contributed by atoms with Crippen LogP contribution < -0.4 is 0 Å². The van der Waals surface area contributed by atoms with Gasteiger partial charge in [-0.25, -0.2) is 4.99 Å². The summed E-state index contributed by atoms with van der Waals surface area (Å²) >= 11 is 13.4. The summed E-state index contributed by atoms with van der Waals surface area (Å²) in [5.41, 5.74) is 2.26.